The molecule has 0 aliphatic carbocycles. The van der Waals surface area contributed by atoms with Gasteiger partial charge in [-0.05, 0) is 30.7 Å². The van der Waals surface area contributed by atoms with E-state index in [0.29, 0.717) is 6.54 Å². The highest BCUT2D eigenvalue weighted by Gasteiger charge is 2.26. The van der Waals surface area contributed by atoms with Crippen LogP contribution in [0, 0.1) is 12.7 Å². The second kappa shape index (κ2) is 8.15. The summed E-state index contributed by atoms with van der Waals surface area (Å²) in [5.41, 5.74) is 5.06. The summed E-state index contributed by atoms with van der Waals surface area (Å²) in [6.07, 6.45) is 0. The van der Waals surface area contributed by atoms with Crippen molar-refractivity contribution >= 4 is 15.9 Å². The summed E-state index contributed by atoms with van der Waals surface area (Å²) in [5, 5.41) is 8.66. The first-order valence-electron chi connectivity index (χ1n) is 6.41. The molecule has 8 nitrogen and oxygen atoms in total. The number of hydrogen-bond acceptors (Lipinski definition) is 5. The lowest BCUT2D eigenvalue weighted by molar-refractivity contribution is -0.374. The van der Waals surface area contributed by atoms with Crippen LogP contribution in [-0.2, 0) is 19.6 Å². The Balaban J connectivity index is 2.93. The normalized spacial score (nSPS) is 12.9. The highest BCUT2D eigenvalue weighted by atomic mass is 32.2. The van der Waals surface area contributed by atoms with E-state index in [1.807, 2.05) is 0 Å². The molecular weight excluding hydrogens is 317 g/mol. The van der Waals surface area contributed by atoms with E-state index in [2.05, 4.69) is 10.5 Å². The van der Waals surface area contributed by atoms with Crippen LogP contribution in [0.4, 0.5) is 4.39 Å². The van der Waals surface area contributed by atoms with Gasteiger partial charge >= 0.3 is 0 Å². The van der Waals surface area contributed by atoms with E-state index in [9.17, 15) is 17.6 Å². The van der Waals surface area contributed by atoms with Crippen molar-refractivity contribution in [2.75, 3.05) is 19.8 Å². The van der Waals surface area contributed by atoms with Gasteiger partial charge in [-0.1, -0.05) is 0 Å². The van der Waals surface area contributed by atoms with E-state index in [1.54, 1.807) is 0 Å². The Morgan fingerprint density at radius 2 is 2.18 bits per heavy atom. The van der Waals surface area contributed by atoms with Gasteiger partial charge in [-0.2, -0.15) is 4.72 Å². The Morgan fingerprint density at radius 3 is 2.73 bits per heavy atom. The molecule has 0 fully saturated rings. The van der Waals surface area contributed by atoms with E-state index in [0.717, 1.165) is 18.2 Å². The molecule has 10 heteroatoms. The Kier molecular flexibility index (Phi) is 6.84. The van der Waals surface area contributed by atoms with Crippen molar-refractivity contribution in [3.63, 3.8) is 0 Å². The zero-order valence-corrected chi connectivity index (χ0v) is 12.8. The van der Waals surface area contributed by atoms with Crippen LogP contribution in [0.15, 0.2) is 23.1 Å². The van der Waals surface area contributed by atoms with E-state index < -0.39 is 27.8 Å². The Morgan fingerprint density at radius 1 is 1.50 bits per heavy atom. The number of halogens is 1. The van der Waals surface area contributed by atoms with Crippen molar-refractivity contribution < 1.29 is 33.3 Å². The molecular formula is C12H19FN3O5S+. The maximum absolute atomic E-state index is 13.2. The lowest BCUT2D eigenvalue weighted by Gasteiger charge is -2.17. The van der Waals surface area contributed by atoms with E-state index in [1.165, 1.54) is 12.4 Å². The van der Waals surface area contributed by atoms with Crippen molar-refractivity contribution in [2.45, 2.75) is 17.9 Å². The highest BCUT2D eigenvalue weighted by molar-refractivity contribution is 7.89. The summed E-state index contributed by atoms with van der Waals surface area (Å²) in [6.45, 7) is 1.81. The summed E-state index contributed by atoms with van der Waals surface area (Å²) < 4.78 is 44.8. The number of nitrogens with one attached hydrogen (secondary N) is 2. The summed E-state index contributed by atoms with van der Waals surface area (Å²) >= 11 is 0. The lowest BCUT2D eigenvalue weighted by atomic mass is 10.2. The highest BCUT2D eigenvalue weighted by Crippen LogP contribution is 2.14. The lowest BCUT2D eigenvalue weighted by Crippen LogP contribution is -2.53. The van der Waals surface area contributed by atoms with Gasteiger partial charge in [-0.25, -0.2) is 18.3 Å². The Bertz CT molecular complexity index is 623. The maximum atomic E-state index is 13.2. The predicted molar refractivity (Wildman–Crippen MR) is 73.7 cm³/mol. The first-order valence-corrected chi connectivity index (χ1v) is 7.89. The summed E-state index contributed by atoms with van der Waals surface area (Å²) in [6, 6.07) is 1.91. The van der Waals surface area contributed by atoms with Crippen LogP contribution >= 0.6 is 0 Å². The minimum atomic E-state index is -4.08. The molecule has 0 aliphatic rings. The van der Waals surface area contributed by atoms with E-state index >= 15 is 0 Å². The molecule has 1 rings (SSSR count). The quantitative estimate of drug-likeness (QED) is 0.262. The van der Waals surface area contributed by atoms with E-state index in [-0.39, 0.29) is 23.7 Å². The number of carbonyl (C=O) groups is 1. The van der Waals surface area contributed by atoms with Gasteiger partial charge in [-0.3, -0.25) is 10.0 Å². The predicted octanol–water partition coefficient (Wildman–Crippen LogP) is -1.46. The topological polar surface area (TPSA) is 132 Å². The first kappa shape index (κ1) is 18.5. The van der Waals surface area contributed by atoms with Gasteiger partial charge < -0.3 is 10.5 Å². The van der Waals surface area contributed by atoms with Gasteiger partial charge in [0, 0.05) is 0 Å². The summed E-state index contributed by atoms with van der Waals surface area (Å²) in [5.74, 6) is -1.51. The van der Waals surface area contributed by atoms with Gasteiger partial charge in [0.25, 0.3) is 5.91 Å². The number of aryl methyl sites for hydroxylation is 1. The minimum absolute atomic E-state index is 0.152. The Hall–Kier alpha value is -1.59. The molecule has 1 aromatic carbocycles. The van der Waals surface area contributed by atoms with Crippen molar-refractivity contribution in [2.24, 2.45) is 0 Å². The number of hydrogen-bond donors (Lipinski definition) is 4. The fourth-order valence-corrected chi connectivity index (χ4v) is 2.85. The number of ether oxygens (including phenoxy) is 1. The molecule has 1 atom stereocenters. The van der Waals surface area contributed by atoms with Crippen LogP contribution in [0.3, 0.4) is 0 Å². The molecule has 6 N–H and O–H groups in total. The van der Waals surface area contributed by atoms with Crippen LogP contribution in [0.5, 0.6) is 0 Å². The molecule has 1 aromatic rings. The molecule has 0 radical (unpaired) electrons. The largest absolute Gasteiger partial charge is 0.373 e. The number of sulfonamides is 1. The van der Waals surface area contributed by atoms with Crippen LogP contribution in [-0.4, -0.2) is 45.3 Å². The van der Waals surface area contributed by atoms with Gasteiger partial charge in [0.1, 0.15) is 11.9 Å². The number of amides is 1. The summed E-state index contributed by atoms with van der Waals surface area (Å²) in [4.78, 5) is 11.3. The third-order valence-electron chi connectivity index (χ3n) is 2.74. The second-order valence-electron chi connectivity index (χ2n) is 4.49. The molecule has 0 unspecified atom stereocenters. The molecule has 1 amide bonds. The van der Waals surface area contributed by atoms with Crippen molar-refractivity contribution in [3.8, 4) is 0 Å². The molecule has 22 heavy (non-hydrogen) atoms. The summed E-state index contributed by atoms with van der Waals surface area (Å²) in [7, 11) is -4.08. The first-order chi connectivity index (χ1) is 10.3. The third-order valence-corrected chi connectivity index (χ3v) is 4.21. The average molecular weight is 336 g/mol. The van der Waals surface area contributed by atoms with Gasteiger partial charge in [0.2, 0.25) is 10.0 Å². The minimum Gasteiger partial charge on any atom is -0.373 e. The fraction of sp³-hybridized carbons (Fsp3) is 0.417. The fourth-order valence-electron chi connectivity index (χ4n) is 1.58. The van der Waals surface area contributed by atoms with Crippen LogP contribution in [0.1, 0.15) is 5.56 Å². The molecule has 124 valence electrons. The molecule has 0 spiro atoms. The molecule has 0 bridgehead atoms. The van der Waals surface area contributed by atoms with Crippen molar-refractivity contribution in [3.05, 3.63) is 29.6 Å². The van der Waals surface area contributed by atoms with Gasteiger partial charge in [-0.15, -0.1) is 0 Å². The molecule has 0 heterocycles. The maximum Gasteiger partial charge on any atom is 0.263 e. The van der Waals surface area contributed by atoms with Gasteiger partial charge in [0.05, 0.1) is 24.7 Å². The molecule has 0 saturated heterocycles. The zero-order chi connectivity index (χ0) is 16.8. The van der Waals surface area contributed by atoms with Crippen molar-refractivity contribution in [1.82, 2.24) is 10.2 Å². The number of rotatable bonds is 8. The molecule has 0 saturated carbocycles. The van der Waals surface area contributed by atoms with Crippen LogP contribution in [0.25, 0.3) is 0 Å². The van der Waals surface area contributed by atoms with E-state index in [4.69, 9.17) is 9.94 Å². The van der Waals surface area contributed by atoms with Crippen molar-refractivity contribution in [1.29, 1.82) is 0 Å². The van der Waals surface area contributed by atoms with Gasteiger partial charge in [0.15, 0.2) is 0 Å². The smallest absolute Gasteiger partial charge is 0.263 e. The van der Waals surface area contributed by atoms with Crippen LogP contribution < -0.4 is 15.9 Å². The number of benzene rings is 1. The third kappa shape index (κ3) is 5.00. The number of quaternary nitrogens is 1. The SMILES string of the molecule is Cc1cc(S(=O)(=O)N[C@H](COCC[NH3+])C(=O)NO)ccc1F. The monoisotopic (exact) mass is 336 g/mol. The second-order valence-corrected chi connectivity index (χ2v) is 6.20. The molecule has 0 aromatic heterocycles. The number of carbonyl (C=O) groups excluding carboxylic acids is 1. The molecule has 0 aliphatic heterocycles. The Labute approximate surface area is 127 Å². The van der Waals surface area contributed by atoms with Crippen LogP contribution in [0.2, 0.25) is 0 Å². The standard InChI is InChI=1S/C12H18FN3O5S/c1-8-6-9(2-3-10(8)13)22(19,20)16-11(12(17)15-18)7-21-5-4-14/h2-3,6,11,16,18H,4-5,7,14H2,1H3,(H,15,17)/p+1/t11-/m1/s1. The zero-order valence-electron chi connectivity index (χ0n) is 12.0. The average Bonchev–Trinajstić information content (AvgIpc) is 2.48. The number of hydroxylamine groups is 1.